The van der Waals surface area contributed by atoms with E-state index in [-0.39, 0.29) is 10.7 Å². The Hall–Kier alpha value is -3.06. The number of aryl methyl sites for hydroxylation is 2. The van der Waals surface area contributed by atoms with Gasteiger partial charge in [-0.3, -0.25) is 4.72 Å². The molecule has 0 amide bonds. The Labute approximate surface area is 165 Å². The molecule has 0 aliphatic heterocycles. The number of anilines is 3. The van der Waals surface area contributed by atoms with Gasteiger partial charge in [0.25, 0.3) is 10.0 Å². The molecule has 0 saturated heterocycles. The lowest BCUT2D eigenvalue weighted by molar-refractivity contribution is 0.340. The van der Waals surface area contributed by atoms with Crippen LogP contribution in [-0.2, 0) is 10.0 Å². The molecular formula is C21H23N3O3S. The van der Waals surface area contributed by atoms with Crippen molar-refractivity contribution in [3.05, 3.63) is 71.9 Å². The lowest BCUT2D eigenvalue weighted by Gasteiger charge is -2.11. The number of rotatable bonds is 7. The fourth-order valence-corrected chi connectivity index (χ4v) is 3.67. The summed E-state index contributed by atoms with van der Waals surface area (Å²) >= 11 is 0. The largest absolute Gasteiger partial charge is 0.494 e. The zero-order valence-corrected chi connectivity index (χ0v) is 16.9. The second-order valence-electron chi connectivity index (χ2n) is 6.37. The van der Waals surface area contributed by atoms with E-state index in [1.54, 1.807) is 36.5 Å². The number of nitrogens with one attached hydrogen (secondary N) is 2. The number of hydrogen-bond acceptors (Lipinski definition) is 5. The molecule has 0 bridgehead atoms. The number of nitrogens with zero attached hydrogens (tertiary/aromatic N) is 1. The third-order valence-electron chi connectivity index (χ3n) is 4.25. The number of hydrogen-bond donors (Lipinski definition) is 2. The van der Waals surface area contributed by atoms with Crippen molar-refractivity contribution in [2.24, 2.45) is 0 Å². The molecule has 0 aliphatic carbocycles. The van der Waals surface area contributed by atoms with Crippen molar-refractivity contribution in [2.45, 2.75) is 25.7 Å². The Morgan fingerprint density at radius 1 is 0.929 bits per heavy atom. The Morgan fingerprint density at radius 2 is 1.64 bits per heavy atom. The molecule has 2 N–H and O–H groups in total. The Bertz CT molecular complexity index is 1050. The molecule has 28 heavy (non-hydrogen) atoms. The van der Waals surface area contributed by atoms with Crippen molar-refractivity contribution < 1.29 is 13.2 Å². The lowest BCUT2D eigenvalue weighted by Crippen LogP contribution is -2.14. The van der Waals surface area contributed by atoms with Crippen LogP contribution in [0.1, 0.15) is 18.1 Å². The predicted octanol–water partition coefficient (Wildman–Crippen LogP) is 4.64. The van der Waals surface area contributed by atoms with Gasteiger partial charge in [-0.2, -0.15) is 0 Å². The Kier molecular flexibility index (Phi) is 5.84. The van der Waals surface area contributed by atoms with Crippen molar-refractivity contribution in [1.82, 2.24) is 4.98 Å². The Morgan fingerprint density at radius 3 is 2.25 bits per heavy atom. The number of aromatic nitrogens is 1. The molecule has 146 valence electrons. The van der Waals surface area contributed by atoms with Gasteiger partial charge in [-0.25, -0.2) is 13.4 Å². The topological polar surface area (TPSA) is 80.3 Å². The number of benzene rings is 2. The molecule has 7 heteroatoms. The summed E-state index contributed by atoms with van der Waals surface area (Å²) < 4.78 is 33.0. The maximum Gasteiger partial charge on any atom is 0.263 e. The maximum absolute atomic E-state index is 12.5. The van der Waals surface area contributed by atoms with Crippen LogP contribution < -0.4 is 14.8 Å². The second-order valence-corrected chi connectivity index (χ2v) is 8.05. The summed E-state index contributed by atoms with van der Waals surface area (Å²) in [7, 11) is -3.68. The molecule has 3 rings (SSSR count). The average molecular weight is 398 g/mol. The van der Waals surface area contributed by atoms with E-state index < -0.39 is 10.0 Å². The minimum absolute atomic E-state index is 0.217. The third kappa shape index (κ3) is 4.80. The van der Waals surface area contributed by atoms with Crippen LogP contribution in [0.15, 0.2) is 65.7 Å². The highest BCUT2D eigenvalue weighted by Gasteiger charge is 2.15. The molecule has 3 aromatic rings. The second kappa shape index (κ2) is 8.31. The molecular weight excluding hydrogens is 374 g/mol. The first-order valence-corrected chi connectivity index (χ1v) is 10.4. The summed E-state index contributed by atoms with van der Waals surface area (Å²) in [6.45, 7) is 6.38. The molecule has 2 aromatic carbocycles. The van der Waals surface area contributed by atoms with Crippen molar-refractivity contribution in [2.75, 3.05) is 16.6 Å². The van der Waals surface area contributed by atoms with Crippen LogP contribution in [0.5, 0.6) is 5.75 Å². The van der Waals surface area contributed by atoms with E-state index in [4.69, 9.17) is 4.74 Å². The van der Waals surface area contributed by atoms with E-state index in [2.05, 4.69) is 15.0 Å². The number of sulfonamides is 1. The quantitative estimate of drug-likeness (QED) is 0.607. The van der Waals surface area contributed by atoms with Gasteiger partial charge in [-0.15, -0.1) is 0 Å². The van der Waals surface area contributed by atoms with Crippen LogP contribution in [0.25, 0.3) is 0 Å². The van der Waals surface area contributed by atoms with Gasteiger partial charge in [0.1, 0.15) is 11.6 Å². The molecule has 0 atom stereocenters. The third-order valence-corrected chi connectivity index (χ3v) is 5.60. The van der Waals surface area contributed by atoms with Crippen LogP contribution in [0.2, 0.25) is 0 Å². The highest BCUT2D eigenvalue weighted by Crippen LogP contribution is 2.22. The molecule has 0 fully saturated rings. The molecule has 0 saturated carbocycles. The van der Waals surface area contributed by atoms with E-state index in [1.807, 2.05) is 45.0 Å². The predicted molar refractivity (Wildman–Crippen MR) is 112 cm³/mol. The Balaban J connectivity index is 1.69. The minimum atomic E-state index is -3.68. The van der Waals surface area contributed by atoms with Gasteiger partial charge in [-0.05, 0) is 80.4 Å². The van der Waals surface area contributed by atoms with Gasteiger partial charge in [0, 0.05) is 5.69 Å². The summed E-state index contributed by atoms with van der Waals surface area (Å²) in [5.41, 5.74) is 3.60. The van der Waals surface area contributed by atoms with Gasteiger partial charge in [0.15, 0.2) is 0 Å². The smallest absolute Gasteiger partial charge is 0.263 e. The van der Waals surface area contributed by atoms with Crippen LogP contribution in [0, 0.1) is 13.8 Å². The SMILES string of the molecule is CCOc1ccc(Nc2ccc(NS(=O)(=O)c3ccc(C)c(C)c3)nc2)cc1. The summed E-state index contributed by atoms with van der Waals surface area (Å²) in [5.74, 6) is 1.07. The first kappa shape index (κ1) is 19.7. The molecule has 0 spiro atoms. The first-order valence-electron chi connectivity index (χ1n) is 8.93. The summed E-state index contributed by atoms with van der Waals surface area (Å²) in [5, 5.41) is 3.21. The molecule has 0 radical (unpaired) electrons. The van der Waals surface area contributed by atoms with Crippen molar-refractivity contribution >= 4 is 27.2 Å². The van der Waals surface area contributed by atoms with E-state index in [9.17, 15) is 8.42 Å². The highest BCUT2D eigenvalue weighted by atomic mass is 32.2. The summed E-state index contributed by atoms with van der Waals surface area (Å²) in [6, 6.07) is 16.0. The molecule has 1 heterocycles. The van der Waals surface area contributed by atoms with Crippen molar-refractivity contribution in [3.63, 3.8) is 0 Å². The fourth-order valence-electron chi connectivity index (χ4n) is 2.57. The molecule has 6 nitrogen and oxygen atoms in total. The average Bonchev–Trinajstić information content (AvgIpc) is 2.67. The van der Waals surface area contributed by atoms with E-state index in [0.717, 1.165) is 28.3 Å². The van der Waals surface area contributed by atoms with Crippen LogP contribution >= 0.6 is 0 Å². The normalized spacial score (nSPS) is 11.1. The van der Waals surface area contributed by atoms with E-state index in [1.165, 1.54) is 0 Å². The molecule has 0 unspecified atom stereocenters. The standard InChI is InChI=1S/C21H23N3O3S/c1-4-27-19-9-6-17(7-10-19)23-18-8-12-21(22-14-18)24-28(25,26)20-11-5-15(2)16(3)13-20/h5-14,23H,4H2,1-3H3,(H,22,24). The van der Waals surface area contributed by atoms with Crippen molar-refractivity contribution in [3.8, 4) is 5.75 Å². The van der Waals surface area contributed by atoms with E-state index >= 15 is 0 Å². The van der Waals surface area contributed by atoms with Crippen molar-refractivity contribution in [1.29, 1.82) is 0 Å². The minimum Gasteiger partial charge on any atom is -0.494 e. The van der Waals surface area contributed by atoms with E-state index in [0.29, 0.717) is 6.61 Å². The van der Waals surface area contributed by atoms with Gasteiger partial charge < -0.3 is 10.1 Å². The van der Waals surface area contributed by atoms with Crippen LogP contribution in [0.4, 0.5) is 17.2 Å². The molecule has 0 aliphatic rings. The summed E-state index contributed by atoms with van der Waals surface area (Å²) in [6.07, 6.45) is 1.58. The fraction of sp³-hybridized carbons (Fsp3) is 0.190. The zero-order valence-electron chi connectivity index (χ0n) is 16.1. The van der Waals surface area contributed by atoms with Gasteiger partial charge in [-0.1, -0.05) is 6.07 Å². The summed E-state index contributed by atoms with van der Waals surface area (Å²) in [4.78, 5) is 4.41. The highest BCUT2D eigenvalue weighted by molar-refractivity contribution is 7.92. The number of pyridine rings is 1. The number of ether oxygens (including phenoxy) is 1. The van der Waals surface area contributed by atoms with Gasteiger partial charge in [0.05, 0.1) is 23.4 Å². The molecule has 1 aromatic heterocycles. The van der Waals surface area contributed by atoms with Gasteiger partial charge >= 0.3 is 0 Å². The zero-order chi connectivity index (χ0) is 20.1. The lowest BCUT2D eigenvalue weighted by atomic mass is 10.1. The first-order chi connectivity index (χ1) is 13.4. The monoisotopic (exact) mass is 397 g/mol. The van der Waals surface area contributed by atoms with Crippen LogP contribution in [-0.4, -0.2) is 20.0 Å². The maximum atomic E-state index is 12.5. The van der Waals surface area contributed by atoms with Gasteiger partial charge in [0.2, 0.25) is 0 Å². The van der Waals surface area contributed by atoms with Crippen LogP contribution in [0.3, 0.4) is 0 Å².